The number of nitrogens with one attached hydrogen (secondary N) is 1. The zero-order valence-electron chi connectivity index (χ0n) is 11.0. The van der Waals surface area contributed by atoms with E-state index in [-0.39, 0.29) is 5.56 Å². The molecule has 0 bridgehead atoms. The van der Waals surface area contributed by atoms with Crippen molar-refractivity contribution in [1.29, 1.82) is 0 Å². The van der Waals surface area contributed by atoms with Crippen molar-refractivity contribution in [2.24, 2.45) is 5.92 Å². The topological polar surface area (TPSA) is 49.3 Å². The summed E-state index contributed by atoms with van der Waals surface area (Å²) in [4.78, 5) is 10.7. The van der Waals surface area contributed by atoms with Gasteiger partial charge in [0.05, 0.1) is 5.56 Å². The molecule has 0 saturated heterocycles. The number of hydrogen-bond donors (Lipinski definition) is 2. The van der Waals surface area contributed by atoms with E-state index in [0.29, 0.717) is 5.69 Å². The summed E-state index contributed by atoms with van der Waals surface area (Å²) in [5.74, 6) is -1.05. The van der Waals surface area contributed by atoms with E-state index in [1.807, 2.05) is 0 Å². The Hall–Kier alpha value is -1.58. The minimum Gasteiger partial charge on any atom is -0.478 e. The summed E-state index contributed by atoms with van der Waals surface area (Å²) in [6.45, 7) is 0.808. The molecule has 0 heterocycles. The molecule has 4 heteroatoms. The van der Waals surface area contributed by atoms with Crippen LogP contribution < -0.4 is 5.32 Å². The lowest BCUT2D eigenvalue weighted by molar-refractivity contribution is 0.0692. The minimum absolute atomic E-state index is 0.281. The van der Waals surface area contributed by atoms with Gasteiger partial charge in [-0.1, -0.05) is 25.7 Å². The normalized spacial score (nSPS) is 15.6. The fraction of sp³-hybridized carbons (Fsp3) is 0.533. The van der Waals surface area contributed by atoms with Gasteiger partial charge in [0, 0.05) is 12.2 Å². The zero-order chi connectivity index (χ0) is 13.7. The molecular formula is C15H20FNO2. The lowest BCUT2D eigenvalue weighted by Crippen LogP contribution is -2.06. The highest BCUT2D eigenvalue weighted by Crippen LogP contribution is 2.28. The predicted molar refractivity (Wildman–Crippen MR) is 73.0 cm³/mol. The summed E-state index contributed by atoms with van der Waals surface area (Å²) in [7, 11) is 0. The van der Waals surface area contributed by atoms with Crippen molar-refractivity contribution in [2.75, 3.05) is 11.9 Å². The van der Waals surface area contributed by atoms with Crippen LogP contribution in [0.1, 0.15) is 48.9 Å². The van der Waals surface area contributed by atoms with Crippen LogP contribution in [0.4, 0.5) is 10.1 Å². The molecule has 0 unspecified atom stereocenters. The molecule has 0 spiro atoms. The molecule has 1 aliphatic carbocycles. The van der Waals surface area contributed by atoms with E-state index >= 15 is 0 Å². The number of anilines is 1. The average molecular weight is 265 g/mol. The maximum atomic E-state index is 13.4. The molecule has 0 amide bonds. The third-order valence-electron chi connectivity index (χ3n) is 3.79. The van der Waals surface area contributed by atoms with Gasteiger partial charge >= 0.3 is 5.97 Å². The van der Waals surface area contributed by atoms with E-state index in [2.05, 4.69) is 5.32 Å². The second-order valence-corrected chi connectivity index (χ2v) is 5.22. The van der Waals surface area contributed by atoms with Crippen LogP contribution in [-0.2, 0) is 0 Å². The lowest BCUT2D eigenvalue weighted by Gasteiger charge is -2.10. The summed E-state index contributed by atoms with van der Waals surface area (Å²) >= 11 is 0. The fourth-order valence-electron chi connectivity index (χ4n) is 2.72. The van der Waals surface area contributed by atoms with Crippen molar-refractivity contribution in [3.05, 3.63) is 29.6 Å². The van der Waals surface area contributed by atoms with Gasteiger partial charge < -0.3 is 10.4 Å². The zero-order valence-corrected chi connectivity index (χ0v) is 11.0. The standard InChI is InChI=1S/C15H20FNO2/c16-14-10-12(7-8-13(14)15(18)19)17-9-3-6-11-4-1-2-5-11/h7-8,10-11,17H,1-6,9H2,(H,18,19). The molecule has 2 rings (SSSR count). The van der Waals surface area contributed by atoms with Crippen LogP contribution in [0.2, 0.25) is 0 Å². The Morgan fingerprint density at radius 2 is 2.11 bits per heavy atom. The van der Waals surface area contributed by atoms with E-state index in [1.165, 1.54) is 44.2 Å². The summed E-state index contributed by atoms with van der Waals surface area (Å²) in [6.07, 6.45) is 7.72. The van der Waals surface area contributed by atoms with Crippen molar-refractivity contribution >= 4 is 11.7 Å². The van der Waals surface area contributed by atoms with Crippen LogP contribution >= 0.6 is 0 Å². The van der Waals surface area contributed by atoms with Gasteiger partial charge in [-0.2, -0.15) is 0 Å². The maximum absolute atomic E-state index is 13.4. The Morgan fingerprint density at radius 3 is 2.74 bits per heavy atom. The minimum atomic E-state index is -1.23. The van der Waals surface area contributed by atoms with Crippen LogP contribution in [0.5, 0.6) is 0 Å². The molecule has 19 heavy (non-hydrogen) atoms. The summed E-state index contributed by atoms with van der Waals surface area (Å²) in [6, 6.07) is 4.16. The first-order valence-electron chi connectivity index (χ1n) is 6.93. The number of benzene rings is 1. The van der Waals surface area contributed by atoms with Crippen molar-refractivity contribution in [3.8, 4) is 0 Å². The van der Waals surface area contributed by atoms with Crippen LogP contribution in [0.3, 0.4) is 0 Å². The van der Waals surface area contributed by atoms with Gasteiger partial charge in [0.2, 0.25) is 0 Å². The Labute approximate surface area is 112 Å². The molecular weight excluding hydrogens is 245 g/mol. The van der Waals surface area contributed by atoms with Crippen molar-refractivity contribution in [3.63, 3.8) is 0 Å². The van der Waals surface area contributed by atoms with Crippen LogP contribution in [0, 0.1) is 11.7 Å². The Kier molecular flexibility index (Phi) is 4.77. The van der Waals surface area contributed by atoms with Crippen molar-refractivity contribution < 1.29 is 14.3 Å². The quantitative estimate of drug-likeness (QED) is 0.767. The van der Waals surface area contributed by atoms with Gasteiger partial charge in [-0.15, -0.1) is 0 Å². The summed E-state index contributed by atoms with van der Waals surface area (Å²) in [5, 5.41) is 11.9. The summed E-state index contributed by atoms with van der Waals surface area (Å²) in [5.41, 5.74) is 0.366. The molecule has 1 saturated carbocycles. The van der Waals surface area contributed by atoms with E-state index < -0.39 is 11.8 Å². The molecule has 0 atom stereocenters. The Morgan fingerprint density at radius 1 is 1.37 bits per heavy atom. The van der Waals surface area contributed by atoms with Crippen LogP contribution in [0.25, 0.3) is 0 Å². The lowest BCUT2D eigenvalue weighted by atomic mass is 10.0. The molecule has 2 N–H and O–H groups in total. The van der Waals surface area contributed by atoms with E-state index in [4.69, 9.17) is 5.11 Å². The number of carboxylic acid groups (broad SMARTS) is 1. The first-order chi connectivity index (χ1) is 9.16. The Bertz CT molecular complexity index is 442. The number of aromatic carboxylic acids is 1. The van der Waals surface area contributed by atoms with Gasteiger partial charge in [0.25, 0.3) is 0 Å². The summed E-state index contributed by atoms with van der Waals surface area (Å²) < 4.78 is 13.4. The first-order valence-corrected chi connectivity index (χ1v) is 6.93. The monoisotopic (exact) mass is 265 g/mol. The third-order valence-corrected chi connectivity index (χ3v) is 3.79. The number of carboxylic acids is 1. The number of hydrogen-bond acceptors (Lipinski definition) is 2. The van der Waals surface area contributed by atoms with Gasteiger partial charge in [-0.3, -0.25) is 0 Å². The van der Waals surface area contributed by atoms with E-state index in [9.17, 15) is 9.18 Å². The third kappa shape index (κ3) is 3.94. The van der Waals surface area contributed by atoms with E-state index in [1.54, 1.807) is 6.07 Å². The maximum Gasteiger partial charge on any atom is 0.338 e. The van der Waals surface area contributed by atoms with Gasteiger partial charge in [-0.05, 0) is 37.0 Å². The largest absolute Gasteiger partial charge is 0.478 e. The molecule has 0 radical (unpaired) electrons. The number of carbonyl (C=O) groups is 1. The molecule has 1 fully saturated rings. The second kappa shape index (κ2) is 6.55. The molecule has 0 aromatic heterocycles. The SMILES string of the molecule is O=C(O)c1ccc(NCCCC2CCCC2)cc1F. The number of halogens is 1. The molecule has 104 valence electrons. The Balaban J connectivity index is 1.76. The predicted octanol–water partition coefficient (Wildman–Crippen LogP) is 3.91. The molecule has 0 aliphatic heterocycles. The van der Waals surface area contributed by atoms with Crippen molar-refractivity contribution in [1.82, 2.24) is 0 Å². The van der Waals surface area contributed by atoms with E-state index in [0.717, 1.165) is 18.9 Å². The molecule has 3 nitrogen and oxygen atoms in total. The van der Waals surface area contributed by atoms with Gasteiger partial charge in [0.15, 0.2) is 0 Å². The highest BCUT2D eigenvalue weighted by molar-refractivity contribution is 5.88. The fourth-order valence-corrected chi connectivity index (χ4v) is 2.72. The smallest absolute Gasteiger partial charge is 0.338 e. The number of rotatable bonds is 6. The molecule has 1 aromatic rings. The van der Waals surface area contributed by atoms with Crippen LogP contribution in [-0.4, -0.2) is 17.6 Å². The average Bonchev–Trinajstić information content (AvgIpc) is 2.87. The second-order valence-electron chi connectivity index (χ2n) is 5.22. The highest BCUT2D eigenvalue weighted by Gasteiger charge is 2.14. The molecule has 1 aliphatic rings. The van der Waals surface area contributed by atoms with Gasteiger partial charge in [-0.25, -0.2) is 9.18 Å². The van der Waals surface area contributed by atoms with Gasteiger partial charge in [0.1, 0.15) is 5.82 Å². The highest BCUT2D eigenvalue weighted by atomic mass is 19.1. The van der Waals surface area contributed by atoms with Crippen LogP contribution in [0.15, 0.2) is 18.2 Å². The first kappa shape index (κ1) is 13.8. The molecule has 1 aromatic carbocycles. The van der Waals surface area contributed by atoms with Crippen molar-refractivity contribution in [2.45, 2.75) is 38.5 Å².